The summed E-state index contributed by atoms with van der Waals surface area (Å²) in [6.45, 7) is 2.70. The molecule has 0 aliphatic rings. The van der Waals surface area contributed by atoms with Crippen LogP contribution in [0.2, 0.25) is 0 Å². The van der Waals surface area contributed by atoms with Crippen LogP contribution in [0, 0.1) is 0 Å². The smallest absolute Gasteiger partial charge is 0.251 e. The van der Waals surface area contributed by atoms with E-state index >= 15 is 0 Å². The minimum Gasteiger partial charge on any atom is -0.352 e. The molecule has 1 atom stereocenters. The number of para-hydroxylation sites is 2. The summed E-state index contributed by atoms with van der Waals surface area (Å²) in [7, 11) is 0. The zero-order valence-electron chi connectivity index (χ0n) is 15.7. The van der Waals surface area contributed by atoms with Crippen molar-refractivity contribution in [2.24, 2.45) is 0 Å². The summed E-state index contributed by atoms with van der Waals surface area (Å²) in [4.78, 5) is 21.1. The number of benzene rings is 2. The Morgan fingerprint density at radius 3 is 2.50 bits per heavy atom. The van der Waals surface area contributed by atoms with Crippen molar-refractivity contribution in [3.8, 4) is 0 Å². The van der Waals surface area contributed by atoms with E-state index in [2.05, 4.69) is 52.1 Å². The van der Waals surface area contributed by atoms with Crippen molar-refractivity contribution in [3.63, 3.8) is 0 Å². The zero-order chi connectivity index (χ0) is 19.3. The number of hydrogen-bond acceptors (Lipinski definition) is 3. The van der Waals surface area contributed by atoms with Crippen LogP contribution >= 0.6 is 0 Å². The molecule has 5 heteroatoms. The number of carbonyl (C=O) groups is 1. The van der Waals surface area contributed by atoms with E-state index in [1.807, 2.05) is 24.3 Å². The quantitative estimate of drug-likeness (QED) is 0.558. The van der Waals surface area contributed by atoms with Crippen LogP contribution in [-0.4, -0.2) is 27.0 Å². The lowest BCUT2D eigenvalue weighted by molar-refractivity contribution is 0.0954. The number of nitrogens with one attached hydrogen (secondary N) is 1. The number of nitrogens with zero attached hydrogens (tertiary/aromatic N) is 3. The molecule has 0 aliphatic heterocycles. The molecule has 0 aliphatic carbocycles. The third-order valence-electron chi connectivity index (χ3n) is 4.91. The van der Waals surface area contributed by atoms with Gasteiger partial charge in [0, 0.05) is 30.9 Å². The average molecular weight is 370 g/mol. The van der Waals surface area contributed by atoms with Gasteiger partial charge in [0.1, 0.15) is 5.82 Å². The number of rotatable bonds is 6. The first-order valence-electron chi connectivity index (χ1n) is 9.43. The highest BCUT2D eigenvalue weighted by Gasteiger charge is 2.17. The summed E-state index contributed by atoms with van der Waals surface area (Å²) in [5.41, 5.74) is 3.92. The Kier molecular flexibility index (Phi) is 5.15. The van der Waals surface area contributed by atoms with Crippen molar-refractivity contribution in [2.45, 2.75) is 19.4 Å². The van der Waals surface area contributed by atoms with Gasteiger partial charge in [0.25, 0.3) is 5.91 Å². The Balaban J connectivity index is 1.57. The van der Waals surface area contributed by atoms with E-state index in [1.165, 1.54) is 5.56 Å². The molecule has 28 heavy (non-hydrogen) atoms. The molecule has 1 unspecified atom stereocenters. The standard InChI is InChI=1S/C23H22N4O/c1-17(18-7-3-2-4-8-18)27-21-10-6-5-9-20(21)26-22(27)13-16-25-23(28)19-11-14-24-15-12-19/h2-12,14-15,17H,13,16H2,1H3,(H,25,28). The third-order valence-corrected chi connectivity index (χ3v) is 4.91. The summed E-state index contributed by atoms with van der Waals surface area (Å²) < 4.78 is 2.27. The lowest BCUT2D eigenvalue weighted by Crippen LogP contribution is -2.26. The average Bonchev–Trinajstić information content (AvgIpc) is 3.12. The van der Waals surface area contributed by atoms with Gasteiger partial charge in [0.05, 0.1) is 17.1 Å². The van der Waals surface area contributed by atoms with E-state index in [1.54, 1.807) is 24.5 Å². The van der Waals surface area contributed by atoms with Gasteiger partial charge in [-0.1, -0.05) is 42.5 Å². The van der Waals surface area contributed by atoms with Crippen LogP contribution < -0.4 is 5.32 Å². The van der Waals surface area contributed by atoms with Gasteiger partial charge in [-0.25, -0.2) is 4.98 Å². The molecule has 140 valence electrons. The summed E-state index contributed by atoms with van der Waals surface area (Å²) >= 11 is 0. The molecule has 0 saturated heterocycles. The number of hydrogen-bond donors (Lipinski definition) is 1. The second-order valence-electron chi connectivity index (χ2n) is 6.72. The first-order chi connectivity index (χ1) is 13.7. The van der Waals surface area contributed by atoms with Crippen LogP contribution in [0.1, 0.15) is 34.7 Å². The maximum Gasteiger partial charge on any atom is 0.251 e. The van der Waals surface area contributed by atoms with Gasteiger partial charge in [-0.05, 0) is 36.8 Å². The van der Waals surface area contributed by atoms with E-state index in [9.17, 15) is 4.79 Å². The molecule has 2 aromatic carbocycles. The molecule has 4 aromatic rings. The number of carbonyl (C=O) groups excluding carboxylic acids is 1. The van der Waals surface area contributed by atoms with Crippen LogP contribution in [0.4, 0.5) is 0 Å². The largest absolute Gasteiger partial charge is 0.352 e. The molecule has 1 N–H and O–H groups in total. The fourth-order valence-electron chi connectivity index (χ4n) is 3.48. The molecule has 0 saturated carbocycles. The Labute approximate surface area is 164 Å². The van der Waals surface area contributed by atoms with E-state index in [0.717, 1.165) is 16.9 Å². The van der Waals surface area contributed by atoms with Gasteiger partial charge in [0.15, 0.2) is 0 Å². The van der Waals surface area contributed by atoms with Crippen molar-refractivity contribution < 1.29 is 4.79 Å². The molecule has 2 heterocycles. The van der Waals surface area contributed by atoms with Gasteiger partial charge in [-0.15, -0.1) is 0 Å². The van der Waals surface area contributed by atoms with E-state index in [4.69, 9.17) is 4.98 Å². The number of imidazole rings is 1. The number of aromatic nitrogens is 3. The van der Waals surface area contributed by atoms with Crippen molar-refractivity contribution in [1.82, 2.24) is 19.9 Å². The fraction of sp³-hybridized carbons (Fsp3) is 0.174. The third kappa shape index (κ3) is 3.64. The van der Waals surface area contributed by atoms with E-state index < -0.39 is 0 Å². The summed E-state index contributed by atoms with van der Waals surface area (Å²) in [5, 5.41) is 2.98. The SMILES string of the molecule is CC(c1ccccc1)n1c(CCNC(=O)c2ccncc2)nc2ccccc21. The Morgan fingerprint density at radius 2 is 1.71 bits per heavy atom. The minimum atomic E-state index is -0.0961. The van der Waals surface area contributed by atoms with Crippen LogP contribution in [-0.2, 0) is 6.42 Å². The number of amides is 1. The van der Waals surface area contributed by atoms with E-state index in [-0.39, 0.29) is 11.9 Å². The molecule has 4 rings (SSSR count). The van der Waals surface area contributed by atoms with Gasteiger partial charge < -0.3 is 9.88 Å². The molecule has 5 nitrogen and oxygen atoms in total. The predicted octanol–water partition coefficient (Wildman–Crippen LogP) is 4.01. The fourth-order valence-corrected chi connectivity index (χ4v) is 3.48. The molecule has 0 fully saturated rings. The molecule has 0 bridgehead atoms. The monoisotopic (exact) mass is 370 g/mol. The van der Waals surface area contributed by atoms with Crippen LogP contribution in [0.15, 0.2) is 79.1 Å². The van der Waals surface area contributed by atoms with Crippen molar-refractivity contribution in [2.75, 3.05) is 6.54 Å². The highest BCUT2D eigenvalue weighted by Crippen LogP contribution is 2.26. The van der Waals surface area contributed by atoms with Crippen molar-refractivity contribution in [3.05, 3.63) is 96.1 Å². The first-order valence-corrected chi connectivity index (χ1v) is 9.43. The zero-order valence-corrected chi connectivity index (χ0v) is 15.7. The molecule has 0 radical (unpaired) electrons. The Morgan fingerprint density at radius 1 is 1.00 bits per heavy atom. The number of fused-ring (bicyclic) bond motifs is 1. The molecule has 0 spiro atoms. The van der Waals surface area contributed by atoms with E-state index in [0.29, 0.717) is 18.5 Å². The van der Waals surface area contributed by atoms with Crippen molar-refractivity contribution in [1.29, 1.82) is 0 Å². The van der Waals surface area contributed by atoms with Crippen LogP contribution in [0.25, 0.3) is 11.0 Å². The lowest BCUT2D eigenvalue weighted by atomic mass is 10.1. The van der Waals surface area contributed by atoms with Crippen LogP contribution in [0.5, 0.6) is 0 Å². The topological polar surface area (TPSA) is 59.8 Å². The highest BCUT2D eigenvalue weighted by molar-refractivity contribution is 5.93. The summed E-state index contributed by atoms with van der Waals surface area (Å²) in [6, 6.07) is 22.1. The minimum absolute atomic E-state index is 0.0961. The van der Waals surface area contributed by atoms with Gasteiger partial charge in [-0.2, -0.15) is 0 Å². The number of pyridine rings is 1. The predicted molar refractivity (Wildman–Crippen MR) is 110 cm³/mol. The van der Waals surface area contributed by atoms with Gasteiger partial charge in [0.2, 0.25) is 0 Å². The normalized spacial score (nSPS) is 12.0. The van der Waals surface area contributed by atoms with Crippen molar-refractivity contribution >= 4 is 16.9 Å². The molecular weight excluding hydrogens is 348 g/mol. The molecule has 1 amide bonds. The second-order valence-corrected chi connectivity index (χ2v) is 6.72. The second kappa shape index (κ2) is 8.05. The van der Waals surface area contributed by atoms with Crippen LogP contribution in [0.3, 0.4) is 0 Å². The Bertz CT molecular complexity index is 1070. The maximum absolute atomic E-state index is 12.3. The van der Waals surface area contributed by atoms with Gasteiger partial charge >= 0.3 is 0 Å². The maximum atomic E-state index is 12.3. The molecule has 2 aromatic heterocycles. The highest BCUT2D eigenvalue weighted by atomic mass is 16.1. The molecular formula is C23H22N4O. The summed E-state index contributed by atoms with van der Waals surface area (Å²) in [6.07, 6.45) is 3.90. The first kappa shape index (κ1) is 17.9. The Hall–Kier alpha value is -3.47. The van der Waals surface area contributed by atoms with Gasteiger partial charge in [-0.3, -0.25) is 9.78 Å². The summed E-state index contributed by atoms with van der Waals surface area (Å²) in [5.74, 6) is 0.869. The lowest BCUT2D eigenvalue weighted by Gasteiger charge is -2.18.